The zero-order valence-electron chi connectivity index (χ0n) is 7.97. The van der Waals surface area contributed by atoms with Gasteiger partial charge in [-0.05, 0) is 18.9 Å². The van der Waals surface area contributed by atoms with Gasteiger partial charge in [0.15, 0.2) is 0 Å². The van der Waals surface area contributed by atoms with Crippen molar-refractivity contribution in [3.63, 3.8) is 0 Å². The molecule has 0 amide bonds. The van der Waals surface area contributed by atoms with E-state index in [0.29, 0.717) is 0 Å². The van der Waals surface area contributed by atoms with Crippen molar-refractivity contribution in [2.75, 3.05) is 6.54 Å². The minimum Gasteiger partial charge on any atom is -0.385 e. The van der Waals surface area contributed by atoms with Crippen LogP contribution in [0.15, 0.2) is 37.1 Å². The highest BCUT2D eigenvalue weighted by molar-refractivity contribution is 5.14. The Morgan fingerprint density at radius 3 is 2.67 bits per heavy atom. The number of nitrogens with one attached hydrogen (secondary N) is 1. The molecule has 0 fully saturated rings. The molecular weight excluding hydrogens is 146 g/mol. The molecule has 0 aromatic rings. The molecule has 0 aromatic heterocycles. The zero-order chi connectivity index (χ0) is 9.23. The quantitative estimate of drug-likeness (QED) is 0.347. The summed E-state index contributed by atoms with van der Waals surface area (Å²) >= 11 is 0. The summed E-state index contributed by atoms with van der Waals surface area (Å²) in [5.74, 6) is 0. The van der Waals surface area contributed by atoms with Gasteiger partial charge in [-0.1, -0.05) is 32.1 Å². The van der Waals surface area contributed by atoms with Gasteiger partial charge in [0.05, 0.1) is 0 Å². The highest BCUT2D eigenvalue weighted by atomic mass is 14.9. The van der Waals surface area contributed by atoms with E-state index in [0.717, 1.165) is 18.7 Å². The average molecular weight is 165 g/mol. The summed E-state index contributed by atoms with van der Waals surface area (Å²) in [5, 5.41) is 3.30. The van der Waals surface area contributed by atoms with Crippen molar-refractivity contribution in [1.29, 1.82) is 0 Å². The minimum absolute atomic E-state index is 0.903. The van der Waals surface area contributed by atoms with Crippen LogP contribution in [0.1, 0.15) is 26.2 Å². The fourth-order valence-corrected chi connectivity index (χ4v) is 0.847. The Kier molecular flexibility index (Phi) is 7.46. The zero-order valence-corrected chi connectivity index (χ0v) is 7.97. The molecule has 0 bridgehead atoms. The topological polar surface area (TPSA) is 12.0 Å². The molecule has 0 rings (SSSR count). The average Bonchev–Trinajstić information content (AvgIpc) is 2.11. The second kappa shape index (κ2) is 8.12. The van der Waals surface area contributed by atoms with Gasteiger partial charge in [-0.3, -0.25) is 0 Å². The summed E-state index contributed by atoms with van der Waals surface area (Å²) in [5.41, 5.74) is 1.11. The van der Waals surface area contributed by atoms with Crippen LogP contribution in [-0.2, 0) is 0 Å². The van der Waals surface area contributed by atoms with Gasteiger partial charge in [0.2, 0.25) is 0 Å². The van der Waals surface area contributed by atoms with Crippen molar-refractivity contribution in [3.05, 3.63) is 37.1 Å². The molecule has 0 heterocycles. The van der Waals surface area contributed by atoms with Gasteiger partial charge in [-0.2, -0.15) is 0 Å². The van der Waals surface area contributed by atoms with E-state index in [1.165, 1.54) is 12.8 Å². The maximum atomic E-state index is 3.73. The van der Waals surface area contributed by atoms with Crippen LogP contribution in [0, 0.1) is 0 Å². The Hall–Kier alpha value is -0.980. The molecule has 1 nitrogen and oxygen atoms in total. The molecule has 68 valence electrons. The highest BCUT2D eigenvalue weighted by Crippen LogP contribution is 1.95. The number of hydrogen-bond acceptors (Lipinski definition) is 1. The Labute approximate surface area is 75.9 Å². The predicted molar refractivity (Wildman–Crippen MR) is 56.0 cm³/mol. The largest absolute Gasteiger partial charge is 0.385 e. The third kappa shape index (κ3) is 5.78. The van der Waals surface area contributed by atoms with Crippen LogP contribution in [0.4, 0.5) is 0 Å². The third-order valence-corrected chi connectivity index (χ3v) is 1.58. The Morgan fingerprint density at radius 2 is 2.17 bits per heavy atom. The van der Waals surface area contributed by atoms with E-state index in [4.69, 9.17) is 0 Å². The van der Waals surface area contributed by atoms with Gasteiger partial charge >= 0.3 is 0 Å². The fourth-order valence-electron chi connectivity index (χ4n) is 0.847. The van der Waals surface area contributed by atoms with Crippen molar-refractivity contribution < 1.29 is 0 Å². The van der Waals surface area contributed by atoms with E-state index in [1.807, 2.05) is 12.2 Å². The molecule has 1 heteroatoms. The number of hydrogen-bond donors (Lipinski definition) is 1. The van der Waals surface area contributed by atoms with Gasteiger partial charge < -0.3 is 5.32 Å². The van der Waals surface area contributed by atoms with Crippen molar-refractivity contribution in [2.24, 2.45) is 0 Å². The summed E-state index contributed by atoms with van der Waals surface area (Å²) < 4.78 is 0. The number of rotatable bonds is 7. The molecule has 12 heavy (non-hydrogen) atoms. The lowest BCUT2D eigenvalue weighted by molar-refractivity contribution is 0.718. The van der Waals surface area contributed by atoms with E-state index < -0.39 is 0 Å². The smallest absolute Gasteiger partial charge is 0.0296 e. The lowest BCUT2D eigenvalue weighted by Gasteiger charge is -2.04. The van der Waals surface area contributed by atoms with Gasteiger partial charge in [-0.15, -0.1) is 6.58 Å². The van der Waals surface area contributed by atoms with Crippen molar-refractivity contribution in [2.45, 2.75) is 26.2 Å². The summed E-state index contributed by atoms with van der Waals surface area (Å²) in [6, 6.07) is 0. The van der Waals surface area contributed by atoms with Gasteiger partial charge in [0.1, 0.15) is 0 Å². The second-order valence-electron chi connectivity index (χ2n) is 2.67. The lowest BCUT2D eigenvalue weighted by atomic mass is 10.3. The number of unbranched alkanes of at least 4 members (excludes halogenated alkanes) is 1. The summed E-state index contributed by atoms with van der Waals surface area (Å²) in [6.07, 6.45) is 9.15. The first-order valence-corrected chi connectivity index (χ1v) is 4.52. The first kappa shape index (κ1) is 11.0. The standard InChI is InChI=1S/C11H19N/c1-4-7-9-11(6-3)12-10-8-5-2/h4,6,9,12H,1,3,5,7-8,10H2,2H3/b11-9+. The maximum absolute atomic E-state index is 3.73. The fraction of sp³-hybridized carbons (Fsp3) is 0.455. The second-order valence-corrected chi connectivity index (χ2v) is 2.67. The maximum Gasteiger partial charge on any atom is 0.0296 e. The van der Waals surface area contributed by atoms with Crippen LogP contribution in [0.25, 0.3) is 0 Å². The molecular formula is C11H19N. The highest BCUT2D eigenvalue weighted by Gasteiger charge is 1.87. The molecule has 0 aliphatic carbocycles. The van der Waals surface area contributed by atoms with Crippen LogP contribution in [-0.4, -0.2) is 6.54 Å². The Bertz CT molecular complexity index is 156. The molecule has 0 aliphatic rings. The van der Waals surface area contributed by atoms with Crippen LogP contribution in [0.5, 0.6) is 0 Å². The van der Waals surface area contributed by atoms with E-state index in [2.05, 4.69) is 31.5 Å². The van der Waals surface area contributed by atoms with Gasteiger partial charge in [-0.25, -0.2) is 0 Å². The van der Waals surface area contributed by atoms with Gasteiger partial charge in [0.25, 0.3) is 0 Å². The lowest BCUT2D eigenvalue weighted by Crippen LogP contribution is -2.12. The van der Waals surface area contributed by atoms with Crippen molar-refractivity contribution >= 4 is 0 Å². The Morgan fingerprint density at radius 1 is 1.42 bits per heavy atom. The number of allylic oxidation sites excluding steroid dienone is 3. The van der Waals surface area contributed by atoms with E-state index in [-0.39, 0.29) is 0 Å². The van der Waals surface area contributed by atoms with Crippen LogP contribution >= 0.6 is 0 Å². The van der Waals surface area contributed by atoms with E-state index >= 15 is 0 Å². The molecule has 0 atom stereocenters. The predicted octanol–water partition coefficient (Wildman–Crippen LogP) is 3.02. The third-order valence-electron chi connectivity index (χ3n) is 1.58. The van der Waals surface area contributed by atoms with Crippen LogP contribution in [0.2, 0.25) is 0 Å². The van der Waals surface area contributed by atoms with E-state index in [1.54, 1.807) is 0 Å². The van der Waals surface area contributed by atoms with Crippen LogP contribution in [0.3, 0.4) is 0 Å². The molecule has 0 aromatic carbocycles. The summed E-state index contributed by atoms with van der Waals surface area (Å²) in [7, 11) is 0. The van der Waals surface area contributed by atoms with Crippen molar-refractivity contribution in [3.8, 4) is 0 Å². The van der Waals surface area contributed by atoms with Crippen LogP contribution < -0.4 is 5.32 Å². The SMILES string of the molecule is C=CC/C=C(\C=C)NCCCC. The first-order valence-electron chi connectivity index (χ1n) is 4.52. The molecule has 0 aliphatic heterocycles. The first-order chi connectivity index (χ1) is 5.85. The molecule has 0 spiro atoms. The normalized spacial score (nSPS) is 10.9. The monoisotopic (exact) mass is 165 g/mol. The molecule has 0 saturated heterocycles. The van der Waals surface area contributed by atoms with E-state index in [9.17, 15) is 0 Å². The van der Waals surface area contributed by atoms with Gasteiger partial charge in [0, 0.05) is 12.2 Å². The molecule has 0 unspecified atom stereocenters. The summed E-state index contributed by atoms with van der Waals surface area (Å²) in [4.78, 5) is 0. The summed E-state index contributed by atoms with van der Waals surface area (Å²) in [6.45, 7) is 10.6. The minimum atomic E-state index is 0.903. The van der Waals surface area contributed by atoms with Crippen molar-refractivity contribution in [1.82, 2.24) is 5.32 Å². The molecule has 0 saturated carbocycles. The molecule has 0 radical (unpaired) electrons. The molecule has 1 N–H and O–H groups in total. The Balaban J connectivity index is 3.66.